The Kier molecular flexibility index (Phi) is 6.22. The van der Waals surface area contributed by atoms with Gasteiger partial charge in [0.1, 0.15) is 5.75 Å². The predicted molar refractivity (Wildman–Crippen MR) is 112 cm³/mol. The lowest BCUT2D eigenvalue weighted by Crippen LogP contribution is -1.86. The summed E-state index contributed by atoms with van der Waals surface area (Å²) in [5.41, 5.74) is 3.15. The molecule has 0 fully saturated rings. The van der Waals surface area contributed by atoms with Crippen LogP contribution in [0.5, 0.6) is 5.75 Å². The maximum atomic E-state index is 9.95. The predicted octanol–water partition coefficient (Wildman–Crippen LogP) is 6.45. The van der Waals surface area contributed by atoms with Crippen molar-refractivity contribution >= 4 is 18.2 Å². The maximum absolute atomic E-state index is 9.95. The van der Waals surface area contributed by atoms with E-state index in [4.69, 9.17) is 0 Å². The van der Waals surface area contributed by atoms with Gasteiger partial charge in [0, 0.05) is 11.5 Å². The molecule has 1 heteroatoms. The first-order valence-corrected chi connectivity index (χ1v) is 8.74. The van der Waals surface area contributed by atoms with E-state index in [1.807, 2.05) is 60.7 Å². The minimum atomic E-state index is 0.120. The van der Waals surface area contributed by atoms with Crippen molar-refractivity contribution in [1.82, 2.24) is 0 Å². The Morgan fingerprint density at radius 2 is 1.00 bits per heavy atom. The molecule has 26 heavy (non-hydrogen) atoms. The summed E-state index contributed by atoms with van der Waals surface area (Å²) in [6.45, 7) is 0. The minimum absolute atomic E-state index is 0.120. The van der Waals surface area contributed by atoms with Gasteiger partial charge in [-0.25, -0.2) is 0 Å². The zero-order chi connectivity index (χ0) is 18.0. The van der Waals surface area contributed by atoms with Crippen molar-refractivity contribution in [2.45, 2.75) is 0 Å². The van der Waals surface area contributed by atoms with Crippen LogP contribution in [-0.4, -0.2) is 5.11 Å². The molecule has 0 heterocycles. The van der Waals surface area contributed by atoms with Crippen LogP contribution in [0.15, 0.2) is 103 Å². The van der Waals surface area contributed by atoms with Gasteiger partial charge in [-0.2, -0.15) is 0 Å². The van der Waals surface area contributed by atoms with E-state index in [-0.39, 0.29) is 5.92 Å². The van der Waals surface area contributed by atoms with Crippen molar-refractivity contribution in [2.75, 3.05) is 0 Å². The van der Waals surface area contributed by atoms with Gasteiger partial charge >= 0.3 is 0 Å². The molecule has 0 aromatic heterocycles. The lowest BCUT2D eigenvalue weighted by Gasteiger charge is -2.03. The molecule has 0 radical (unpaired) electrons. The molecule has 0 aliphatic carbocycles. The van der Waals surface area contributed by atoms with Gasteiger partial charge < -0.3 is 5.11 Å². The van der Waals surface area contributed by atoms with Crippen LogP contribution >= 0.6 is 0 Å². The summed E-state index contributed by atoms with van der Waals surface area (Å²) in [6, 6.07) is 27.9. The minimum Gasteiger partial charge on any atom is -0.507 e. The molecule has 0 spiro atoms. The molecule has 0 saturated carbocycles. The summed E-state index contributed by atoms with van der Waals surface area (Å²) in [4.78, 5) is 0. The van der Waals surface area contributed by atoms with Crippen LogP contribution in [0.3, 0.4) is 0 Å². The highest BCUT2D eigenvalue weighted by molar-refractivity contribution is 5.59. The summed E-state index contributed by atoms with van der Waals surface area (Å²) < 4.78 is 0. The van der Waals surface area contributed by atoms with Crippen LogP contribution in [-0.2, 0) is 0 Å². The summed E-state index contributed by atoms with van der Waals surface area (Å²) in [6.07, 6.45) is 12.6. The molecule has 0 saturated heterocycles. The van der Waals surface area contributed by atoms with Gasteiger partial charge in [-0.1, -0.05) is 115 Å². The smallest absolute Gasteiger partial charge is 0.122 e. The Labute approximate surface area is 155 Å². The molecule has 0 amide bonds. The molecule has 0 unspecified atom stereocenters. The van der Waals surface area contributed by atoms with Crippen LogP contribution < -0.4 is 0 Å². The average Bonchev–Trinajstić information content (AvgIpc) is 2.70. The number of allylic oxidation sites excluding steroid dienone is 3. The fourth-order valence-corrected chi connectivity index (χ4v) is 2.61. The molecule has 128 valence electrons. The van der Waals surface area contributed by atoms with E-state index < -0.39 is 0 Å². The second-order valence-corrected chi connectivity index (χ2v) is 6.03. The molecular formula is C25H22O. The molecular weight excluding hydrogens is 316 g/mol. The summed E-state index contributed by atoms with van der Waals surface area (Å²) in [5, 5.41) is 9.95. The largest absolute Gasteiger partial charge is 0.507 e. The second kappa shape index (κ2) is 9.24. The summed E-state index contributed by atoms with van der Waals surface area (Å²) >= 11 is 0. The Bertz CT molecular complexity index is 840. The first kappa shape index (κ1) is 17.5. The SMILES string of the molecule is Oc1ccccc1C=CC(C=Cc1ccccc1)C=Cc1ccccc1. The third kappa shape index (κ3) is 5.35. The molecule has 1 N–H and O–H groups in total. The zero-order valence-corrected chi connectivity index (χ0v) is 14.6. The Balaban J connectivity index is 1.82. The van der Waals surface area contributed by atoms with E-state index in [9.17, 15) is 5.11 Å². The molecule has 3 rings (SSSR count). The first-order chi connectivity index (χ1) is 12.8. The zero-order valence-electron chi connectivity index (χ0n) is 14.6. The molecule has 0 aliphatic rings. The van der Waals surface area contributed by atoms with Crippen LogP contribution in [0.2, 0.25) is 0 Å². The highest BCUT2D eigenvalue weighted by Gasteiger charge is 1.98. The molecule has 0 atom stereocenters. The van der Waals surface area contributed by atoms with E-state index in [0.717, 1.165) is 5.56 Å². The summed E-state index contributed by atoms with van der Waals surface area (Å²) in [7, 11) is 0. The van der Waals surface area contributed by atoms with Gasteiger partial charge in [-0.05, 0) is 17.2 Å². The monoisotopic (exact) mass is 338 g/mol. The van der Waals surface area contributed by atoms with Crippen LogP contribution in [0.1, 0.15) is 16.7 Å². The number of benzene rings is 3. The van der Waals surface area contributed by atoms with Crippen molar-refractivity contribution in [2.24, 2.45) is 5.92 Å². The number of rotatable bonds is 6. The third-order valence-corrected chi connectivity index (χ3v) is 4.06. The van der Waals surface area contributed by atoms with Gasteiger partial charge in [0.2, 0.25) is 0 Å². The summed E-state index contributed by atoms with van der Waals surface area (Å²) in [5.74, 6) is 0.414. The fraction of sp³-hybridized carbons (Fsp3) is 0.0400. The van der Waals surface area contributed by atoms with Gasteiger partial charge in [0.25, 0.3) is 0 Å². The van der Waals surface area contributed by atoms with Gasteiger partial charge in [0.05, 0.1) is 0 Å². The van der Waals surface area contributed by atoms with Crippen molar-refractivity contribution in [1.29, 1.82) is 0 Å². The third-order valence-electron chi connectivity index (χ3n) is 4.06. The number of hydrogen-bond donors (Lipinski definition) is 1. The topological polar surface area (TPSA) is 20.2 Å². The Hall–Kier alpha value is -3.32. The molecule has 0 bridgehead atoms. The molecule has 0 aliphatic heterocycles. The molecule has 1 nitrogen and oxygen atoms in total. The molecule has 3 aromatic rings. The number of phenols is 1. The Morgan fingerprint density at radius 3 is 1.54 bits per heavy atom. The maximum Gasteiger partial charge on any atom is 0.122 e. The van der Waals surface area contributed by atoms with Crippen molar-refractivity contribution in [3.8, 4) is 5.75 Å². The van der Waals surface area contributed by atoms with Crippen LogP contribution in [0.4, 0.5) is 0 Å². The standard InChI is InChI=1S/C25H22O/c26-25-14-8-7-13-24(25)20-19-23(17-15-21-9-3-1-4-10-21)18-16-22-11-5-2-6-12-22/h1-20,23,26H. The quantitative estimate of drug-likeness (QED) is 0.547. The van der Waals surface area contributed by atoms with Gasteiger partial charge in [-0.3, -0.25) is 0 Å². The van der Waals surface area contributed by atoms with E-state index in [2.05, 4.69) is 54.6 Å². The average molecular weight is 338 g/mol. The lowest BCUT2D eigenvalue weighted by molar-refractivity contribution is 0.474. The van der Waals surface area contributed by atoms with Crippen molar-refractivity contribution < 1.29 is 5.11 Å². The van der Waals surface area contributed by atoms with Gasteiger partial charge in [-0.15, -0.1) is 0 Å². The highest BCUT2D eigenvalue weighted by atomic mass is 16.3. The first-order valence-electron chi connectivity index (χ1n) is 8.74. The van der Waals surface area contributed by atoms with E-state index in [0.29, 0.717) is 5.75 Å². The van der Waals surface area contributed by atoms with Crippen LogP contribution in [0, 0.1) is 5.92 Å². The fourth-order valence-electron chi connectivity index (χ4n) is 2.61. The number of para-hydroxylation sites is 1. The highest BCUT2D eigenvalue weighted by Crippen LogP contribution is 2.19. The van der Waals surface area contributed by atoms with Gasteiger partial charge in [0.15, 0.2) is 0 Å². The van der Waals surface area contributed by atoms with Crippen molar-refractivity contribution in [3.05, 3.63) is 120 Å². The Morgan fingerprint density at radius 1 is 0.538 bits per heavy atom. The number of hydrogen-bond acceptors (Lipinski definition) is 1. The normalized spacial score (nSPS) is 12.9. The van der Waals surface area contributed by atoms with E-state index in [1.165, 1.54) is 11.1 Å². The van der Waals surface area contributed by atoms with E-state index in [1.54, 1.807) is 6.07 Å². The lowest BCUT2D eigenvalue weighted by atomic mass is 10.0. The number of phenolic OH excluding ortho intramolecular Hbond substituents is 1. The second-order valence-electron chi connectivity index (χ2n) is 6.03. The molecule has 3 aromatic carbocycles. The van der Waals surface area contributed by atoms with Crippen LogP contribution in [0.25, 0.3) is 18.2 Å². The van der Waals surface area contributed by atoms with E-state index >= 15 is 0 Å². The number of aromatic hydroxyl groups is 1. The van der Waals surface area contributed by atoms with Crippen molar-refractivity contribution in [3.63, 3.8) is 0 Å².